The first-order valence-corrected chi connectivity index (χ1v) is 4.01. The standard InChI is InChI=1S/C9H8F3NO2/c1-4-3-5(9(14)15-2)8(12)13-6(4)7(10)11/h3,7H,1-2H3. The zero-order valence-corrected chi connectivity index (χ0v) is 8.05. The molecule has 0 aliphatic carbocycles. The van der Waals surface area contributed by atoms with Gasteiger partial charge in [0, 0.05) is 0 Å². The molecular formula is C9H8F3NO2. The van der Waals surface area contributed by atoms with E-state index in [4.69, 9.17) is 0 Å². The molecule has 1 rings (SSSR count). The number of carbonyl (C=O) groups excluding carboxylic acids is 1. The Morgan fingerprint density at radius 3 is 2.60 bits per heavy atom. The Morgan fingerprint density at radius 1 is 1.53 bits per heavy atom. The first kappa shape index (κ1) is 11.5. The Bertz CT molecular complexity index is 393. The van der Waals surface area contributed by atoms with Gasteiger partial charge in [-0.05, 0) is 18.6 Å². The minimum absolute atomic E-state index is 0.0480. The van der Waals surface area contributed by atoms with E-state index in [9.17, 15) is 18.0 Å². The van der Waals surface area contributed by atoms with Crippen LogP contribution in [0.25, 0.3) is 0 Å². The molecule has 0 radical (unpaired) electrons. The third-order valence-corrected chi connectivity index (χ3v) is 1.82. The molecule has 15 heavy (non-hydrogen) atoms. The summed E-state index contributed by atoms with van der Waals surface area (Å²) in [4.78, 5) is 14.0. The van der Waals surface area contributed by atoms with Crippen LogP contribution in [0.15, 0.2) is 6.07 Å². The van der Waals surface area contributed by atoms with Gasteiger partial charge in [-0.3, -0.25) is 0 Å². The summed E-state index contributed by atoms with van der Waals surface area (Å²) in [7, 11) is 1.07. The number of esters is 1. The highest BCUT2D eigenvalue weighted by atomic mass is 19.3. The van der Waals surface area contributed by atoms with Crippen molar-refractivity contribution in [3.8, 4) is 0 Å². The Hall–Kier alpha value is -1.59. The summed E-state index contributed by atoms with van der Waals surface area (Å²) in [6.45, 7) is 1.32. The predicted octanol–water partition coefficient (Wildman–Crippen LogP) is 2.25. The summed E-state index contributed by atoms with van der Waals surface area (Å²) in [5, 5.41) is 0. The van der Waals surface area contributed by atoms with Crippen LogP contribution in [-0.2, 0) is 4.74 Å². The Kier molecular flexibility index (Phi) is 3.28. The lowest BCUT2D eigenvalue weighted by Crippen LogP contribution is -2.09. The summed E-state index contributed by atoms with van der Waals surface area (Å²) < 4.78 is 41.9. The lowest BCUT2D eigenvalue weighted by molar-refractivity contribution is 0.0593. The van der Waals surface area contributed by atoms with E-state index in [-0.39, 0.29) is 5.56 Å². The van der Waals surface area contributed by atoms with Crippen LogP contribution in [0.4, 0.5) is 13.2 Å². The number of hydrogen-bond donors (Lipinski definition) is 0. The molecule has 0 saturated heterocycles. The molecule has 0 aliphatic heterocycles. The minimum atomic E-state index is -2.87. The summed E-state index contributed by atoms with van der Waals surface area (Å²) in [5.74, 6) is -2.19. The average molecular weight is 219 g/mol. The van der Waals surface area contributed by atoms with Crippen molar-refractivity contribution in [2.75, 3.05) is 7.11 Å². The maximum atomic E-state index is 13.1. The van der Waals surface area contributed by atoms with Gasteiger partial charge in [0.05, 0.1) is 7.11 Å². The van der Waals surface area contributed by atoms with E-state index < -0.39 is 29.6 Å². The molecule has 0 spiro atoms. The highest BCUT2D eigenvalue weighted by Crippen LogP contribution is 2.22. The fourth-order valence-electron chi connectivity index (χ4n) is 1.08. The Balaban J connectivity index is 3.25. The van der Waals surface area contributed by atoms with Crippen molar-refractivity contribution < 1.29 is 22.7 Å². The number of rotatable bonds is 2. The number of aromatic nitrogens is 1. The highest BCUT2D eigenvalue weighted by Gasteiger charge is 2.20. The molecule has 3 nitrogen and oxygen atoms in total. The second kappa shape index (κ2) is 4.29. The number of alkyl halides is 2. The number of hydrogen-bond acceptors (Lipinski definition) is 3. The van der Waals surface area contributed by atoms with Crippen LogP contribution in [0.3, 0.4) is 0 Å². The quantitative estimate of drug-likeness (QED) is 0.565. The number of methoxy groups -OCH3 is 1. The molecule has 0 N–H and O–H groups in total. The SMILES string of the molecule is COC(=O)c1cc(C)c(C(F)F)nc1F. The molecule has 1 aromatic heterocycles. The summed E-state index contributed by atoms with van der Waals surface area (Å²) in [5.41, 5.74) is -1.06. The molecule has 0 amide bonds. The van der Waals surface area contributed by atoms with Crippen molar-refractivity contribution in [3.63, 3.8) is 0 Å². The largest absolute Gasteiger partial charge is 0.465 e. The number of halogens is 3. The normalized spacial score (nSPS) is 10.5. The van der Waals surface area contributed by atoms with Crippen LogP contribution in [0.2, 0.25) is 0 Å². The number of ether oxygens (including phenoxy) is 1. The monoisotopic (exact) mass is 219 g/mol. The molecule has 0 saturated carbocycles. The molecule has 0 fully saturated rings. The molecule has 0 aliphatic rings. The molecule has 82 valence electrons. The van der Waals surface area contributed by atoms with Gasteiger partial charge in [-0.1, -0.05) is 0 Å². The van der Waals surface area contributed by atoms with Gasteiger partial charge in [-0.25, -0.2) is 18.6 Å². The topological polar surface area (TPSA) is 39.2 Å². The molecular weight excluding hydrogens is 211 g/mol. The molecule has 6 heteroatoms. The van der Waals surface area contributed by atoms with Crippen LogP contribution < -0.4 is 0 Å². The second-order valence-electron chi connectivity index (χ2n) is 2.82. The van der Waals surface area contributed by atoms with E-state index in [0.717, 1.165) is 13.2 Å². The lowest BCUT2D eigenvalue weighted by Gasteiger charge is -2.06. The molecule has 1 heterocycles. The van der Waals surface area contributed by atoms with Gasteiger partial charge in [-0.2, -0.15) is 4.39 Å². The number of pyridine rings is 1. The van der Waals surface area contributed by atoms with Crippen LogP contribution in [0.1, 0.15) is 28.0 Å². The van der Waals surface area contributed by atoms with Crippen molar-refractivity contribution in [1.82, 2.24) is 4.98 Å². The van der Waals surface area contributed by atoms with Crippen molar-refractivity contribution in [2.24, 2.45) is 0 Å². The van der Waals surface area contributed by atoms with Crippen LogP contribution >= 0.6 is 0 Å². The first-order chi connectivity index (χ1) is 6.97. The lowest BCUT2D eigenvalue weighted by atomic mass is 10.1. The third kappa shape index (κ3) is 2.26. The van der Waals surface area contributed by atoms with E-state index in [1.807, 2.05) is 0 Å². The minimum Gasteiger partial charge on any atom is -0.465 e. The Morgan fingerprint density at radius 2 is 2.13 bits per heavy atom. The van der Waals surface area contributed by atoms with Gasteiger partial charge in [0.1, 0.15) is 11.3 Å². The second-order valence-corrected chi connectivity index (χ2v) is 2.82. The van der Waals surface area contributed by atoms with E-state index in [2.05, 4.69) is 9.72 Å². The average Bonchev–Trinajstić information content (AvgIpc) is 2.19. The molecule has 1 aromatic rings. The maximum absolute atomic E-state index is 13.1. The molecule has 0 atom stereocenters. The van der Waals surface area contributed by atoms with Crippen LogP contribution in [-0.4, -0.2) is 18.1 Å². The van der Waals surface area contributed by atoms with Gasteiger partial charge in [0.15, 0.2) is 0 Å². The van der Waals surface area contributed by atoms with Gasteiger partial charge >= 0.3 is 5.97 Å². The van der Waals surface area contributed by atoms with E-state index >= 15 is 0 Å². The fraction of sp³-hybridized carbons (Fsp3) is 0.333. The summed E-state index contributed by atoms with van der Waals surface area (Å²) >= 11 is 0. The van der Waals surface area contributed by atoms with Gasteiger partial charge in [0.25, 0.3) is 6.43 Å². The number of nitrogens with zero attached hydrogens (tertiary/aromatic N) is 1. The molecule has 0 aromatic carbocycles. The van der Waals surface area contributed by atoms with Crippen LogP contribution in [0.5, 0.6) is 0 Å². The maximum Gasteiger partial charge on any atom is 0.342 e. The van der Waals surface area contributed by atoms with Crippen molar-refractivity contribution in [2.45, 2.75) is 13.3 Å². The first-order valence-electron chi connectivity index (χ1n) is 4.01. The summed E-state index contributed by atoms with van der Waals surface area (Å²) in [6, 6.07) is 0.996. The predicted molar refractivity (Wildman–Crippen MR) is 45.2 cm³/mol. The zero-order chi connectivity index (χ0) is 11.6. The van der Waals surface area contributed by atoms with E-state index in [0.29, 0.717) is 0 Å². The third-order valence-electron chi connectivity index (χ3n) is 1.82. The molecule has 0 bridgehead atoms. The van der Waals surface area contributed by atoms with Gasteiger partial charge in [-0.15, -0.1) is 0 Å². The van der Waals surface area contributed by atoms with Crippen LogP contribution in [0, 0.1) is 12.9 Å². The molecule has 0 unspecified atom stereocenters. The van der Waals surface area contributed by atoms with E-state index in [1.165, 1.54) is 6.92 Å². The van der Waals surface area contributed by atoms with E-state index in [1.54, 1.807) is 0 Å². The van der Waals surface area contributed by atoms with Gasteiger partial charge in [0.2, 0.25) is 5.95 Å². The van der Waals surface area contributed by atoms with Crippen molar-refractivity contribution >= 4 is 5.97 Å². The smallest absolute Gasteiger partial charge is 0.342 e. The number of carbonyl (C=O) groups is 1. The van der Waals surface area contributed by atoms with Crippen molar-refractivity contribution in [3.05, 3.63) is 28.8 Å². The fourth-order valence-corrected chi connectivity index (χ4v) is 1.08. The number of aryl methyl sites for hydroxylation is 1. The zero-order valence-electron chi connectivity index (χ0n) is 8.05. The van der Waals surface area contributed by atoms with Crippen molar-refractivity contribution in [1.29, 1.82) is 0 Å². The Labute approximate surface area is 83.9 Å². The van der Waals surface area contributed by atoms with Gasteiger partial charge < -0.3 is 4.74 Å². The highest BCUT2D eigenvalue weighted by molar-refractivity contribution is 5.89. The summed E-state index contributed by atoms with van der Waals surface area (Å²) in [6.07, 6.45) is -2.87.